The lowest BCUT2D eigenvalue weighted by Gasteiger charge is -2.43. The van der Waals surface area contributed by atoms with Crippen LogP contribution in [-0.4, -0.2) is 67.3 Å². The van der Waals surface area contributed by atoms with Crippen LogP contribution in [0.5, 0.6) is 0 Å². The largest absolute Gasteiger partial charge is 0.393 e. The molecule has 0 saturated heterocycles. The Morgan fingerprint density at radius 2 is 1.00 bits per heavy atom. The van der Waals surface area contributed by atoms with Gasteiger partial charge < -0.3 is 30.6 Å². The molecule has 3 fully saturated rings. The molecule has 6 N–H and O–H groups in total. The first-order valence-corrected chi connectivity index (χ1v) is 10.4. The number of hydrogen-bond donors (Lipinski definition) is 6. The Balaban J connectivity index is 1.58. The summed E-state index contributed by atoms with van der Waals surface area (Å²) in [5, 5.41) is 61.2. The molecule has 10 unspecified atom stereocenters. The molecule has 0 aromatic rings. The van der Waals surface area contributed by atoms with Crippen LogP contribution < -0.4 is 0 Å². The molecule has 3 saturated carbocycles. The van der Waals surface area contributed by atoms with Crippen molar-refractivity contribution >= 4 is 0 Å². The van der Waals surface area contributed by atoms with Crippen LogP contribution in [0.15, 0.2) is 0 Å². The molecule has 0 heterocycles. The Labute approximate surface area is 155 Å². The van der Waals surface area contributed by atoms with E-state index in [0.717, 1.165) is 25.7 Å². The van der Waals surface area contributed by atoms with Gasteiger partial charge in [0.1, 0.15) is 0 Å². The Morgan fingerprint density at radius 3 is 1.54 bits per heavy atom. The fourth-order valence-electron chi connectivity index (χ4n) is 5.56. The van der Waals surface area contributed by atoms with Crippen molar-refractivity contribution in [3.05, 3.63) is 0 Å². The van der Waals surface area contributed by atoms with E-state index in [1.54, 1.807) is 0 Å². The molecule has 3 aliphatic rings. The van der Waals surface area contributed by atoms with E-state index in [1.165, 1.54) is 0 Å². The third-order valence-electron chi connectivity index (χ3n) is 7.29. The van der Waals surface area contributed by atoms with Crippen molar-refractivity contribution in [2.45, 2.75) is 101 Å². The van der Waals surface area contributed by atoms with Gasteiger partial charge in [-0.05, 0) is 82.0 Å². The topological polar surface area (TPSA) is 121 Å². The molecule has 3 rings (SSSR count). The molecule has 0 radical (unpaired) electrons. The maximum absolute atomic E-state index is 10.9. The highest BCUT2D eigenvalue weighted by molar-refractivity contribution is 4.93. The summed E-state index contributed by atoms with van der Waals surface area (Å²) in [4.78, 5) is 0. The summed E-state index contributed by atoms with van der Waals surface area (Å²) in [7, 11) is 0. The second-order valence-corrected chi connectivity index (χ2v) is 9.12. The van der Waals surface area contributed by atoms with Gasteiger partial charge in [0.25, 0.3) is 0 Å². The summed E-state index contributed by atoms with van der Waals surface area (Å²) < 4.78 is 0. The molecule has 0 bridgehead atoms. The minimum Gasteiger partial charge on any atom is -0.393 e. The van der Waals surface area contributed by atoms with Crippen molar-refractivity contribution in [1.82, 2.24) is 0 Å². The van der Waals surface area contributed by atoms with Crippen molar-refractivity contribution in [2.75, 3.05) is 0 Å². The molecule has 26 heavy (non-hydrogen) atoms. The molecule has 0 spiro atoms. The number of hydrogen-bond acceptors (Lipinski definition) is 6. The van der Waals surface area contributed by atoms with E-state index in [2.05, 4.69) is 0 Å². The van der Waals surface area contributed by atoms with Gasteiger partial charge in [0.05, 0.1) is 36.6 Å². The van der Waals surface area contributed by atoms with E-state index >= 15 is 0 Å². The van der Waals surface area contributed by atoms with Gasteiger partial charge in [-0.15, -0.1) is 0 Å². The maximum Gasteiger partial charge on any atom is 0.0621 e. The molecule has 6 heteroatoms. The first-order valence-electron chi connectivity index (χ1n) is 10.4. The van der Waals surface area contributed by atoms with Crippen molar-refractivity contribution in [3.8, 4) is 0 Å². The maximum atomic E-state index is 10.9. The van der Waals surface area contributed by atoms with E-state index in [0.29, 0.717) is 38.5 Å². The smallest absolute Gasteiger partial charge is 0.0621 e. The van der Waals surface area contributed by atoms with E-state index in [4.69, 9.17) is 0 Å². The molecule has 0 aromatic carbocycles. The normalized spacial score (nSPS) is 50.5. The second kappa shape index (κ2) is 8.84. The average Bonchev–Trinajstić information content (AvgIpc) is 2.58. The fraction of sp³-hybridized carbons (Fsp3) is 1.00. The lowest BCUT2D eigenvalue weighted by Crippen LogP contribution is -2.46. The van der Waals surface area contributed by atoms with Crippen molar-refractivity contribution in [2.24, 2.45) is 23.7 Å². The molecule has 3 aliphatic carbocycles. The summed E-state index contributed by atoms with van der Waals surface area (Å²) in [6.07, 6.45) is 3.22. The van der Waals surface area contributed by atoms with E-state index in [1.807, 2.05) is 0 Å². The molecule has 0 aromatic heterocycles. The van der Waals surface area contributed by atoms with Crippen molar-refractivity contribution < 1.29 is 30.6 Å². The van der Waals surface area contributed by atoms with Crippen molar-refractivity contribution in [1.29, 1.82) is 0 Å². The molecule has 152 valence electrons. The number of aliphatic hydroxyl groups is 6. The van der Waals surface area contributed by atoms with Gasteiger partial charge in [0, 0.05) is 5.92 Å². The van der Waals surface area contributed by atoms with E-state index < -0.39 is 36.6 Å². The molecular formula is C20H36O6. The van der Waals surface area contributed by atoms with Gasteiger partial charge in [-0.1, -0.05) is 0 Å². The minimum atomic E-state index is -0.628. The monoisotopic (exact) mass is 372 g/mol. The quantitative estimate of drug-likeness (QED) is 0.429. The van der Waals surface area contributed by atoms with Gasteiger partial charge in [-0.2, -0.15) is 0 Å². The molecular weight excluding hydrogens is 336 g/mol. The Morgan fingerprint density at radius 1 is 0.500 bits per heavy atom. The Kier molecular flexibility index (Phi) is 6.97. The minimum absolute atomic E-state index is 0.0156. The third kappa shape index (κ3) is 4.78. The fourth-order valence-corrected chi connectivity index (χ4v) is 5.56. The Bertz CT molecular complexity index is 446. The van der Waals surface area contributed by atoms with Crippen LogP contribution in [0.3, 0.4) is 0 Å². The van der Waals surface area contributed by atoms with Gasteiger partial charge in [0.2, 0.25) is 0 Å². The van der Waals surface area contributed by atoms with Crippen LogP contribution in [0.4, 0.5) is 0 Å². The lowest BCUT2D eigenvalue weighted by molar-refractivity contribution is -0.0935. The predicted octanol–water partition coefficient (Wildman–Crippen LogP) is 0.558. The second-order valence-electron chi connectivity index (χ2n) is 9.12. The van der Waals surface area contributed by atoms with Gasteiger partial charge >= 0.3 is 0 Å². The van der Waals surface area contributed by atoms with Crippen LogP contribution in [0.25, 0.3) is 0 Å². The van der Waals surface area contributed by atoms with Crippen LogP contribution in [-0.2, 0) is 0 Å². The molecule has 10 atom stereocenters. The summed E-state index contributed by atoms with van der Waals surface area (Å²) in [5.74, 6) is -0.0918. The summed E-state index contributed by atoms with van der Waals surface area (Å²) in [6.45, 7) is 0. The highest BCUT2D eigenvalue weighted by atomic mass is 16.3. The SMILES string of the molecule is OC1CCC(CC2CCC(O)C(CC3CCC(O)CC3O)C2O)C(O)C1. The van der Waals surface area contributed by atoms with Crippen LogP contribution >= 0.6 is 0 Å². The van der Waals surface area contributed by atoms with Crippen LogP contribution in [0, 0.1) is 23.7 Å². The first kappa shape index (κ1) is 20.5. The number of aliphatic hydroxyl groups excluding tert-OH is 6. The summed E-state index contributed by atoms with van der Waals surface area (Å²) >= 11 is 0. The standard InChI is InChI=1S/C20H36O6/c21-14-4-1-11(18(24)9-14)7-13-3-6-17(23)16(20(13)26)8-12-2-5-15(22)10-19(12)25/h11-26H,1-10H2. The van der Waals surface area contributed by atoms with Gasteiger partial charge in [0.15, 0.2) is 0 Å². The zero-order valence-electron chi connectivity index (χ0n) is 15.5. The third-order valence-corrected chi connectivity index (χ3v) is 7.29. The van der Waals surface area contributed by atoms with E-state index in [-0.39, 0.29) is 23.7 Å². The average molecular weight is 373 g/mol. The molecule has 6 nitrogen and oxygen atoms in total. The molecule has 0 amide bonds. The highest BCUT2D eigenvalue weighted by Gasteiger charge is 2.42. The number of rotatable bonds is 4. The lowest BCUT2D eigenvalue weighted by atomic mass is 9.67. The van der Waals surface area contributed by atoms with E-state index in [9.17, 15) is 30.6 Å². The van der Waals surface area contributed by atoms with Gasteiger partial charge in [-0.25, -0.2) is 0 Å². The summed E-state index contributed by atoms with van der Waals surface area (Å²) in [5.41, 5.74) is 0. The van der Waals surface area contributed by atoms with Gasteiger partial charge in [-0.3, -0.25) is 0 Å². The highest BCUT2D eigenvalue weighted by Crippen LogP contribution is 2.41. The van der Waals surface area contributed by atoms with Crippen LogP contribution in [0.1, 0.15) is 64.2 Å². The van der Waals surface area contributed by atoms with Crippen LogP contribution in [0.2, 0.25) is 0 Å². The molecule has 0 aliphatic heterocycles. The Hall–Kier alpha value is -0.240. The summed E-state index contributed by atoms with van der Waals surface area (Å²) in [6, 6.07) is 0. The zero-order valence-corrected chi connectivity index (χ0v) is 15.5. The zero-order chi connectivity index (χ0) is 18.8. The first-order chi connectivity index (χ1) is 12.3. The predicted molar refractivity (Wildman–Crippen MR) is 96.2 cm³/mol. The van der Waals surface area contributed by atoms with Crippen molar-refractivity contribution in [3.63, 3.8) is 0 Å².